The molecule has 0 spiro atoms. The fraction of sp³-hybridized carbons (Fsp3) is 0. The Hall–Kier alpha value is -2.98. The van der Waals surface area contributed by atoms with Crippen LogP contribution < -0.4 is 0 Å². The third kappa shape index (κ3) is 2.42. The minimum Gasteiger partial charge on any atom is -0.276 e. The first-order chi connectivity index (χ1) is 12.8. The number of rotatable bonds is 2. The second-order valence-electron chi connectivity index (χ2n) is 6.13. The van der Waals surface area contributed by atoms with Crippen LogP contribution in [-0.4, -0.2) is 14.4 Å². The van der Waals surface area contributed by atoms with Crippen molar-refractivity contribution in [3.05, 3.63) is 89.5 Å². The van der Waals surface area contributed by atoms with Crippen LogP contribution in [-0.2, 0) is 0 Å². The average molecular weight is 400 g/mol. The number of benzene rings is 3. The molecule has 5 rings (SSSR count). The van der Waals surface area contributed by atoms with E-state index in [1.807, 2.05) is 54.7 Å². The summed E-state index contributed by atoms with van der Waals surface area (Å²) in [6, 6.07) is 26.7. The molecule has 5 aromatic rings. The van der Waals surface area contributed by atoms with Gasteiger partial charge in [-0.2, -0.15) is 0 Å². The van der Waals surface area contributed by atoms with E-state index in [0.717, 1.165) is 43.7 Å². The molecular formula is C22H14BrN3. The lowest BCUT2D eigenvalue weighted by atomic mass is 10.1. The van der Waals surface area contributed by atoms with Crippen LogP contribution in [0.2, 0.25) is 0 Å². The summed E-state index contributed by atoms with van der Waals surface area (Å²) in [5.41, 5.74) is 4.16. The summed E-state index contributed by atoms with van der Waals surface area (Å²) in [6.07, 6.45) is 1.94. The van der Waals surface area contributed by atoms with Crippen molar-refractivity contribution < 1.29 is 0 Å². The van der Waals surface area contributed by atoms with E-state index in [9.17, 15) is 0 Å². The Morgan fingerprint density at radius 2 is 1.38 bits per heavy atom. The Morgan fingerprint density at radius 3 is 2.19 bits per heavy atom. The van der Waals surface area contributed by atoms with Gasteiger partial charge in [-0.15, -0.1) is 0 Å². The first-order valence-electron chi connectivity index (χ1n) is 8.39. The number of hydrogen-bond donors (Lipinski definition) is 0. The molecule has 0 aliphatic heterocycles. The summed E-state index contributed by atoms with van der Waals surface area (Å²) < 4.78 is 3.20. The highest BCUT2D eigenvalue weighted by atomic mass is 79.9. The maximum Gasteiger partial charge on any atom is 0.146 e. The zero-order chi connectivity index (χ0) is 17.5. The van der Waals surface area contributed by atoms with E-state index in [1.165, 1.54) is 0 Å². The molecule has 26 heavy (non-hydrogen) atoms. The van der Waals surface area contributed by atoms with Gasteiger partial charge < -0.3 is 0 Å². The highest BCUT2D eigenvalue weighted by Crippen LogP contribution is 2.30. The van der Waals surface area contributed by atoms with Gasteiger partial charge in [0.15, 0.2) is 0 Å². The number of halogens is 1. The number of imidazole rings is 1. The predicted molar refractivity (Wildman–Crippen MR) is 109 cm³/mol. The first-order valence-corrected chi connectivity index (χ1v) is 9.18. The molecule has 0 amide bonds. The van der Waals surface area contributed by atoms with Gasteiger partial charge in [0.05, 0.1) is 17.2 Å². The molecule has 0 bridgehead atoms. The Balaban J connectivity index is 1.91. The molecule has 3 aromatic carbocycles. The molecule has 0 saturated carbocycles. The maximum absolute atomic E-state index is 4.96. The zero-order valence-corrected chi connectivity index (χ0v) is 15.4. The van der Waals surface area contributed by atoms with Gasteiger partial charge >= 0.3 is 0 Å². The third-order valence-corrected chi connectivity index (χ3v) is 5.04. The molecule has 0 radical (unpaired) electrons. The van der Waals surface area contributed by atoms with Crippen LogP contribution >= 0.6 is 15.9 Å². The monoisotopic (exact) mass is 399 g/mol. The highest BCUT2D eigenvalue weighted by molar-refractivity contribution is 9.10. The molecular weight excluding hydrogens is 386 g/mol. The largest absolute Gasteiger partial charge is 0.276 e. The minimum atomic E-state index is 0.893. The topological polar surface area (TPSA) is 30.2 Å². The number of hydrogen-bond acceptors (Lipinski definition) is 2. The lowest BCUT2D eigenvalue weighted by molar-refractivity contribution is 1.12. The van der Waals surface area contributed by atoms with Crippen LogP contribution in [0.4, 0.5) is 0 Å². The molecule has 0 fully saturated rings. The Bertz CT molecular complexity index is 1230. The zero-order valence-electron chi connectivity index (χ0n) is 13.8. The standard InChI is InChI=1S/C22H14BrN3/c23-17-12-10-16(11-13-17)21-24-14-20-18-8-4-5-9-19(18)25-22(26(20)21)15-6-2-1-3-7-15/h1-14H. The molecule has 3 nitrogen and oxygen atoms in total. The van der Waals surface area contributed by atoms with E-state index in [2.05, 4.69) is 50.7 Å². The van der Waals surface area contributed by atoms with Crippen LogP contribution in [0.1, 0.15) is 0 Å². The molecule has 4 heteroatoms. The van der Waals surface area contributed by atoms with Crippen molar-refractivity contribution in [1.82, 2.24) is 14.4 Å². The average Bonchev–Trinajstić information content (AvgIpc) is 3.14. The number of fused-ring (bicyclic) bond motifs is 3. The van der Waals surface area contributed by atoms with Gasteiger partial charge in [0.2, 0.25) is 0 Å². The molecule has 0 atom stereocenters. The lowest BCUT2D eigenvalue weighted by Gasteiger charge is -2.11. The van der Waals surface area contributed by atoms with Gasteiger partial charge in [-0.05, 0) is 18.2 Å². The minimum absolute atomic E-state index is 0.893. The summed E-state index contributed by atoms with van der Waals surface area (Å²) in [4.78, 5) is 9.70. The van der Waals surface area contributed by atoms with Crippen LogP contribution in [0.25, 0.3) is 39.2 Å². The molecule has 2 heterocycles. The Labute approximate surface area is 159 Å². The molecule has 0 N–H and O–H groups in total. The molecule has 124 valence electrons. The van der Waals surface area contributed by atoms with Crippen LogP contribution in [0.5, 0.6) is 0 Å². The Morgan fingerprint density at radius 1 is 0.692 bits per heavy atom. The van der Waals surface area contributed by atoms with Crippen molar-refractivity contribution in [3.63, 3.8) is 0 Å². The van der Waals surface area contributed by atoms with Crippen molar-refractivity contribution in [2.24, 2.45) is 0 Å². The quantitative estimate of drug-likeness (QED) is 0.365. The number of nitrogens with zero attached hydrogens (tertiary/aromatic N) is 3. The van der Waals surface area contributed by atoms with Gasteiger partial charge in [-0.3, -0.25) is 4.40 Å². The van der Waals surface area contributed by atoms with Crippen molar-refractivity contribution in [1.29, 1.82) is 0 Å². The Kier molecular flexibility index (Phi) is 3.57. The molecule has 0 aliphatic rings. The number of para-hydroxylation sites is 1. The normalized spacial score (nSPS) is 11.3. The van der Waals surface area contributed by atoms with Crippen LogP contribution in [0, 0.1) is 0 Å². The van der Waals surface area contributed by atoms with Gasteiger partial charge in [0.25, 0.3) is 0 Å². The smallest absolute Gasteiger partial charge is 0.146 e. The fourth-order valence-electron chi connectivity index (χ4n) is 3.29. The van der Waals surface area contributed by atoms with Crippen LogP contribution in [0.15, 0.2) is 89.5 Å². The van der Waals surface area contributed by atoms with Gasteiger partial charge in [-0.25, -0.2) is 9.97 Å². The summed E-state index contributed by atoms with van der Waals surface area (Å²) >= 11 is 3.50. The lowest BCUT2D eigenvalue weighted by Crippen LogP contribution is -1.99. The van der Waals surface area contributed by atoms with Crippen molar-refractivity contribution in [2.75, 3.05) is 0 Å². The summed E-state index contributed by atoms with van der Waals surface area (Å²) in [6.45, 7) is 0. The number of aromatic nitrogens is 3. The van der Waals surface area contributed by atoms with Gasteiger partial charge in [0.1, 0.15) is 11.6 Å². The summed E-state index contributed by atoms with van der Waals surface area (Å²) in [5.74, 6) is 1.79. The van der Waals surface area contributed by atoms with Gasteiger partial charge in [-0.1, -0.05) is 76.6 Å². The van der Waals surface area contributed by atoms with Crippen LogP contribution in [0.3, 0.4) is 0 Å². The third-order valence-electron chi connectivity index (χ3n) is 4.51. The van der Waals surface area contributed by atoms with E-state index < -0.39 is 0 Å². The van der Waals surface area contributed by atoms with E-state index >= 15 is 0 Å². The van der Waals surface area contributed by atoms with Crippen molar-refractivity contribution in [3.8, 4) is 22.8 Å². The first kappa shape index (κ1) is 15.3. The summed E-state index contributed by atoms with van der Waals surface area (Å²) in [7, 11) is 0. The predicted octanol–water partition coefficient (Wildman–Crippen LogP) is 5.98. The second-order valence-corrected chi connectivity index (χ2v) is 7.04. The SMILES string of the molecule is Brc1ccc(-c2ncc3c4ccccc4nc(-c4ccccc4)n23)cc1. The van der Waals surface area contributed by atoms with Gasteiger partial charge in [0, 0.05) is 21.0 Å². The van der Waals surface area contributed by atoms with E-state index in [4.69, 9.17) is 9.97 Å². The van der Waals surface area contributed by atoms with E-state index in [0.29, 0.717) is 0 Å². The molecule has 0 aliphatic carbocycles. The molecule has 2 aromatic heterocycles. The van der Waals surface area contributed by atoms with E-state index in [1.54, 1.807) is 0 Å². The van der Waals surface area contributed by atoms with Crippen molar-refractivity contribution >= 4 is 32.3 Å². The molecule has 0 unspecified atom stereocenters. The van der Waals surface area contributed by atoms with Crippen molar-refractivity contribution in [2.45, 2.75) is 0 Å². The second kappa shape index (κ2) is 6.07. The molecule has 0 saturated heterocycles. The summed E-state index contributed by atoms with van der Waals surface area (Å²) in [5, 5.41) is 1.10. The van der Waals surface area contributed by atoms with E-state index in [-0.39, 0.29) is 0 Å². The fourth-order valence-corrected chi connectivity index (χ4v) is 3.56. The maximum atomic E-state index is 4.96. The highest BCUT2D eigenvalue weighted by Gasteiger charge is 2.15.